The monoisotopic (exact) mass is 340 g/mol. The summed E-state index contributed by atoms with van der Waals surface area (Å²) in [6.45, 7) is 7.42. The molecule has 0 spiro atoms. The fourth-order valence-electron chi connectivity index (χ4n) is 1.99. The molecule has 0 fully saturated rings. The number of halogens is 1. The van der Waals surface area contributed by atoms with Gasteiger partial charge in [0.1, 0.15) is 11.6 Å². The van der Waals surface area contributed by atoms with E-state index >= 15 is 0 Å². The molecule has 0 aromatic carbocycles. The van der Waals surface area contributed by atoms with Crippen molar-refractivity contribution >= 4 is 27.8 Å². The average Bonchev–Trinajstić information content (AvgIpc) is 2.64. The van der Waals surface area contributed by atoms with E-state index < -0.39 is 17.6 Å². The van der Waals surface area contributed by atoms with E-state index in [1.807, 2.05) is 0 Å². The van der Waals surface area contributed by atoms with Gasteiger partial charge in [0.2, 0.25) is 0 Å². The molecule has 0 bridgehead atoms. The van der Waals surface area contributed by atoms with Crippen molar-refractivity contribution in [2.45, 2.75) is 45.9 Å². The maximum Gasteiger partial charge on any atom is 0.329 e. The Labute approximate surface area is 126 Å². The van der Waals surface area contributed by atoms with Gasteiger partial charge in [-0.25, -0.2) is 4.79 Å². The van der Waals surface area contributed by atoms with Crippen molar-refractivity contribution in [1.82, 2.24) is 9.88 Å². The molecule has 20 heavy (non-hydrogen) atoms. The van der Waals surface area contributed by atoms with E-state index in [4.69, 9.17) is 4.74 Å². The van der Waals surface area contributed by atoms with Crippen LogP contribution in [0, 0.1) is 0 Å². The topological polar surface area (TPSA) is 59.5 Å². The molecular weight excluding hydrogens is 324 g/mol. The molecule has 1 amide bonds. The number of hydrogen-bond acceptors (Lipinski definition) is 4. The third-order valence-electron chi connectivity index (χ3n) is 2.96. The predicted octanol–water partition coefficient (Wildman–Crippen LogP) is 2.53. The smallest absolute Gasteiger partial charge is 0.329 e. The largest absolute Gasteiger partial charge is 0.458 e. The molecule has 1 aliphatic rings. The Morgan fingerprint density at radius 3 is 2.75 bits per heavy atom. The lowest BCUT2D eigenvalue weighted by atomic mass is 10.2. The molecule has 0 N–H and O–H groups in total. The second-order valence-corrected chi connectivity index (χ2v) is 6.71. The lowest BCUT2D eigenvalue weighted by molar-refractivity contribution is -0.159. The van der Waals surface area contributed by atoms with E-state index in [9.17, 15) is 9.59 Å². The molecular formula is C14H17BrN2O3. The maximum atomic E-state index is 12.3. The summed E-state index contributed by atoms with van der Waals surface area (Å²) < 4.78 is 6.07. The van der Waals surface area contributed by atoms with Crippen molar-refractivity contribution in [3.05, 3.63) is 28.0 Å². The van der Waals surface area contributed by atoms with Gasteiger partial charge < -0.3 is 9.64 Å². The summed E-state index contributed by atoms with van der Waals surface area (Å²) in [6.07, 6.45) is 1.65. The second-order valence-electron chi connectivity index (χ2n) is 5.79. The zero-order valence-electron chi connectivity index (χ0n) is 11.9. The van der Waals surface area contributed by atoms with E-state index in [1.165, 1.54) is 4.90 Å². The maximum absolute atomic E-state index is 12.3. The number of aromatic nitrogens is 1. The molecule has 6 heteroatoms. The molecule has 2 rings (SSSR count). The van der Waals surface area contributed by atoms with Gasteiger partial charge >= 0.3 is 5.97 Å². The first-order valence-corrected chi connectivity index (χ1v) is 7.16. The summed E-state index contributed by atoms with van der Waals surface area (Å²) in [7, 11) is 0. The molecule has 1 aliphatic heterocycles. The van der Waals surface area contributed by atoms with Gasteiger partial charge in [0.15, 0.2) is 0 Å². The number of carbonyl (C=O) groups excluding carboxylic acids is 2. The van der Waals surface area contributed by atoms with Crippen LogP contribution in [-0.2, 0) is 16.1 Å². The quantitative estimate of drug-likeness (QED) is 0.776. The number of pyridine rings is 1. The first-order chi connectivity index (χ1) is 9.19. The highest BCUT2D eigenvalue weighted by molar-refractivity contribution is 9.10. The number of ether oxygens (including phenoxy) is 1. The van der Waals surface area contributed by atoms with Crippen molar-refractivity contribution in [1.29, 1.82) is 0 Å². The second kappa shape index (κ2) is 5.16. The molecule has 0 unspecified atom stereocenters. The summed E-state index contributed by atoms with van der Waals surface area (Å²) in [4.78, 5) is 30.1. The SMILES string of the molecule is C[C@H](C(=O)OC(C)(C)C)N1Cc2ncc(Br)cc2C1=O. The van der Waals surface area contributed by atoms with Gasteiger partial charge in [-0.05, 0) is 49.7 Å². The van der Waals surface area contributed by atoms with E-state index in [1.54, 1.807) is 40.0 Å². The fourth-order valence-corrected chi connectivity index (χ4v) is 2.33. The molecule has 0 saturated carbocycles. The van der Waals surface area contributed by atoms with E-state index in [0.29, 0.717) is 17.8 Å². The van der Waals surface area contributed by atoms with Crippen LogP contribution in [0.2, 0.25) is 0 Å². The molecule has 2 heterocycles. The zero-order chi connectivity index (χ0) is 15.1. The van der Waals surface area contributed by atoms with Crippen LogP contribution in [0.3, 0.4) is 0 Å². The summed E-state index contributed by atoms with van der Waals surface area (Å²) >= 11 is 3.29. The minimum Gasteiger partial charge on any atom is -0.458 e. The van der Waals surface area contributed by atoms with Crippen LogP contribution in [0.25, 0.3) is 0 Å². The van der Waals surface area contributed by atoms with Gasteiger partial charge in [-0.3, -0.25) is 9.78 Å². The van der Waals surface area contributed by atoms with Crippen molar-refractivity contribution in [2.24, 2.45) is 0 Å². The van der Waals surface area contributed by atoms with Crippen LogP contribution in [0.4, 0.5) is 0 Å². The number of fused-ring (bicyclic) bond motifs is 1. The summed E-state index contributed by atoms with van der Waals surface area (Å²) in [5, 5.41) is 0. The number of nitrogens with zero attached hydrogens (tertiary/aromatic N) is 2. The Morgan fingerprint density at radius 2 is 2.15 bits per heavy atom. The highest BCUT2D eigenvalue weighted by atomic mass is 79.9. The Kier molecular flexibility index (Phi) is 3.86. The first-order valence-electron chi connectivity index (χ1n) is 6.37. The van der Waals surface area contributed by atoms with Gasteiger partial charge in [0, 0.05) is 10.7 Å². The van der Waals surface area contributed by atoms with Crippen molar-refractivity contribution < 1.29 is 14.3 Å². The minimum absolute atomic E-state index is 0.188. The number of rotatable bonds is 2. The van der Waals surface area contributed by atoms with Crippen LogP contribution >= 0.6 is 15.9 Å². The van der Waals surface area contributed by atoms with E-state index in [0.717, 1.165) is 4.47 Å². The van der Waals surface area contributed by atoms with Crippen molar-refractivity contribution in [3.8, 4) is 0 Å². The molecule has 108 valence electrons. The third-order valence-corrected chi connectivity index (χ3v) is 3.40. The Bertz CT molecular complexity index is 566. The Hall–Kier alpha value is -1.43. The number of hydrogen-bond donors (Lipinski definition) is 0. The molecule has 1 aromatic rings. The molecule has 0 radical (unpaired) electrons. The van der Waals surface area contributed by atoms with Crippen LogP contribution < -0.4 is 0 Å². The summed E-state index contributed by atoms with van der Waals surface area (Å²) in [5.74, 6) is -0.593. The van der Waals surface area contributed by atoms with Crippen LogP contribution in [0.5, 0.6) is 0 Å². The normalized spacial score (nSPS) is 16.1. The van der Waals surface area contributed by atoms with Crippen molar-refractivity contribution in [3.63, 3.8) is 0 Å². The highest BCUT2D eigenvalue weighted by Crippen LogP contribution is 2.26. The van der Waals surface area contributed by atoms with Gasteiger partial charge in [-0.15, -0.1) is 0 Å². The Balaban J connectivity index is 2.17. The van der Waals surface area contributed by atoms with Gasteiger partial charge in [0.05, 0.1) is 17.8 Å². The lowest BCUT2D eigenvalue weighted by Crippen LogP contribution is -2.42. The van der Waals surface area contributed by atoms with Crippen LogP contribution in [0.15, 0.2) is 16.7 Å². The third kappa shape index (κ3) is 3.00. The molecule has 5 nitrogen and oxygen atoms in total. The number of carbonyl (C=O) groups is 2. The van der Waals surface area contributed by atoms with E-state index in [-0.39, 0.29) is 5.91 Å². The van der Waals surface area contributed by atoms with Gasteiger partial charge in [-0.2, -0.15) is 0 Å². The molecule has 1 atom stereocenters. The van der Waals surface area contributed by atoms with Crippen molar-refractivity contribution in [2.75, 3.05) is 0 Å². The number of amides is 1. The standard InChI is InChI=1S/C14H17BrN2O3/c1-8(13(19)20-14(2,3)4)17-7-11-10(12(17)18)5-9(15)6-16-11/h5-6,8H,7H2,1-4H3/t8-/m1/s1. The number of esters is 1. The predicted molar refractivity (Wildman–Crippen MR) is 77.1 cm³/mol. The molecule has 1 aromatic heterocycles. The average molecular weight is 341 g/mol. The van der Waals surface area contributed by atoms with Crippen LogP contribution in [-0.4, -0.2) is 33.4 Å². The van der Waals surface area contributed by atoms with E-state index in [2.05, 4.69) is 20.9 Å². The lowest BCUT2D eigenvalue weighted by Gasteiger charge is -2.27. The minimum atomic E-state index is -0.630. The highest BCUT2D eigenvalue weighted by Gasteiger charge is 2.36. The molecule has 0 aliphatic carbocycles. The molecule has 0 saturated heterocycles. The summed E-state index contributed by atoms with van der Waals surface area (Å²) in [5.41, 5.74) is 0.658. The Morgan fingerprint density at radius 1 is 1.50 bits per heavy atom. The zero-order valence-corrected chi connectivity index (χ0v) is 13.5. The fraction of sp³-hybridized carbons (Fsp3) is 0.500. The summed E-state index contributed by atoms with van der Waals surface area (Å²) in [6, 6.07) is 1.10. The van der Waals surface area contributed by atoms with Gasteiger partial charge in [0.25, 0.3) is 5.91 Å². The first kappa shape index (κ1) is 15.0. The van der Waals surface area contributed by atoms with Gasteiger partial charge in [-0.1, -0.05) is 0 Å². The van der Waals surface area contributed by atoms with Crippen LogP contribution in [0.1, 0.15) is 43.7 Å².